The van der Waals surface area contributed by atoms with Gasteiger partial charge in [0.2, 0.25) is 0 Å². The normalized spacial score (nSPS) is 12.5. The van der Waals surface area contributed by atoms with E-state index >= 15 is 0 Å². The zero-order chi connectivity index (χ0) is 15.7. The van der Waals surface area contributed by atoms with Crippen LogP contribution in [0.2, 0.25) is 0 Å². The number of benzene rings is 1. The summed E-state index contributed by atoms with van der Waals surface area (Å²) in [4.78, 5) is 5.42. The molecule has 3 aromatic rings. The van der Waals surface area contributed by atoms with Crippen molar-refractivity contribution in [2.24, 2.45) is 5.16 Å². The molecular formula is C13H8F3N3OS2. The number of aromatic nitrogens is 2. The predicted molar refractivity (Wildman–Crippen MR) is 78.0 cm³/mol. The number of imidazole rings is 1. The van der Waals surface area contributed by atoms with Crippen LogP contribution in [0.5, 0.6) is 0 Å². The summed E-state index contributed by atoms with van der Waals surface area (Å²) >= 11 is 2.47. The standard InChI is InChI=1S/C13H8F3N3OS2/c14-13(15,16)8-2-1-3-9(6-8)22-11-10(7-17-20)19-4-5-21-12(19)18-11/h1-7,20H/b17-7+. The Hall–Kier alpha value is -2.00. The van der Waals surface area contributed by atoms with Crippen molar-refractivity contribution in [1.82, 2.24) is 9.38 Å². The molecule has 0 aliphatic carbocycles. The average molecular weight is 343 g/mol. The Morgan fingerprint density at radius 2 is 2.18 bits per heavy atom. The molecule has 114 valence electrons. The minimum Gasteiger partial charge on any atom is -0.411 e. The van der Waals surface area contributed by atoms with E-state index in [1.807, 2.05) is 5.38 Å². The van der Waals surface area contributed by atoms with E-state index in [0.717, 1.165) is 23.9 Å². The van der Waals surface area contributed by atoms with Crippen LogP contribution in [0.25, 0.3) is 4.96 Å². The largest absolute Gasteiger partial charge is 0.416 e. The number of fused-ring (bicyclic) bond motifs is 1. The van der Waals surface area contributed by atoms with Crippen LogP contribution in [-0.2, 0) is 6.18 Å². The van der Waals surface area contributed by atoms with Crippen molar-refractivity contribution in [3.63, 3.8) is 0 Å². The molecule has 2 aromatic heterocycles. The molecule has 0 aliphatic rings. The van der Waals surface area contributed by atoms with Gasteiger partial charge in [0.05, 0.1) is 11.8 Å². The Morgan fingerprint density at radius 3 is 2.91 bits per heavy atom. The third-order valence-electron chi connectivity index (χ3n) is 2.82. The Kier molecular flexibility index (Phi) is 3.83. The first-order valence-corrected chi connectivity index (χ1v) is 7.67. The maximum Gasteiger partial charge on any atom is 0.416 e. The van der Waals surface area contributed by atoms with Gasteiger partial charge in [-0.05, 0) is 18.2 Å². The molecule has 1 aromatic carbocycles. The maximum atomic E-state index is 12.7. The second kappa shape index (κ2) is 5.65. The molecule has 0 saturated heterocycles. The van der Waals surface area contributed by atoms with Gasteiger partial charge in [0.1, 0.15) is 10.7 Å². The van der Waals surface area contributed by atoms with Crippen molar-refractivity contribution in [1.29, 1.82) is 0 Å². The van der Waals surface area contributed by atoms with Crippen molar-refractivity contribution in [3.8, 4) is 0 Å². The fourth-order valence-corrected chi connectivity index (χ4v) is 3.60. The SMILES string of the molecule is O/N=C/c1c(Sc2cccc(C(F)(F)F)c2)nc2sccn12. The first kappa shape index (κ1) is 14.9. The summed E-state index contributed by atoms with van der Waals surface area (Å²) in [5, 5.41) is 14.0. The van der Waals surface area contributed by atoms with Crippen LogP contribution in [0.15, 0.2) is 50.9 Å². The van der Waals surface area contributed by atoms with E-state index in [4.69, 9.17) is 5.21 Å². The second-order valence-corrected chi connectivity index (χ2v) is 6.17. The van der Waals surface area contributed by atoms with Gasteiger partial charge < -0.3 is 5.21 Å². The molecule has 3 rings (SSSR count). The van der Waals surface area contributed by atoms with Crippen LogP contribution in [-0.4, -0.2) is 20.8 Å². The molecule has 0 amide bonds. The van der Waals surface area contributed by atoms with Crippen LogP contribution in [0, 0.1) is 0 Å². The molecule has 2 heterocycles. The molecule has 0 atom stereocenters. The number of halogens is 3. The molecule has 0 unspecified atom stereocenters. The van der Waals surface area contributed by atoms with Crippen LogP contribution in [0.1, 0.15) is 11.3 Å². The maximum absolute atomic E-state index is 12.7. The molecule has 9 heteroatoms. The molecule has 0 radical (unpaired) electrons. The van der Waals surface area contributed by atoms with Crippen molar-refractivity contribution >= 4 is 34.3 Å². The number of oxime groups is 1. The lowest BCUT2D eigenvalue weighted by Gasteiger charge is -2.07. The molecule has 1 N–H and O–H groups in total. The van der Waals surface area contributed by atoms with Crippen LogP contribution < -0.4 is 0 Å². The lowest BCUT2D eigenvalue weighted by Crippen LogP contribution is -2.04. The zero-order valence-corrected chi connectivity index (χ0v) is 12.4. The molecule has 0 fully saturated rings. The Morgan fingerprint density at radius 1 is 1.36 bits per heavy atom. The number of rotatable bonds is 3. The smallest absolute Gasteiger partial charge is 0.411 e. The number of hydrogen-bond acceptors (Lipinski definition) is 5. The highest BCUT2D eigenvalue weighted by Crippen LogP contribution is 2.35. The quantitative estimate of drug-likeness (QED) is 0.436. The van der Waals surface area contributed by atoms with Crippen molar-refractivity contribution in [2.45, 2.75) is 16.1 Å². The van der Waals surface area contributed by atoms with Gasteiger partial charge in [-0.25, -0.2) is 4.98 Å². The minimum atomic E-state index is -4.39. The fourth-order valence-electron chi connectivity index (χ4n) is 1.88. The van der Waals surface area contributed by atoms with Gasteiger partial charge in [-0.3, -0.25) is 4.40 Å². The highest BCUT2D eigenvalue weighted by Gasteiger charge is 2.30. The molecular weight excluding hydrogens is 335 g/mol. The van der Waals surface area contributed by atoms with Gasteiger partial charge in [0, 0.05) is 16.5 Å². The molecule has 0 saturated carbocycles. The van der Waals surface area contributed by atoms with Gasteiger partial charge in [-0.1, -0.05) is 23.0 Å². The van der Waals surface area contributed by atoms with Crippen molar-refractivity contribution in [3.05, 3.63) is 47.1 Å². The highest BCUT2D eigenvalue weighted by atomic mass is 32.2. The monoisotopic (exact) mass is 343 g/mol. The lowest BCUT2D eigenvalue weighted by atomic mass is 10.2. The summed E-state index contributed by atoms with van der Waals surface area (Å²) in [7, 11) is 0. The number of thiazole rings is 1. The van der Waals surface area contributed by atoms with Crippen LogP contribution in [0.3, 0.4) is 0 Å². The topological polar surface area (TPSA) is 49.9 Å². The summed E-state index contributed by atoms with van der Waals surface area (Å²) in [6.45, 7) is 0. The van der Waals surface area contributed by atoms with Gasteiger partial charge in [0.15, 0.2) is 4.96 Å². The number of nitrogens with zero attached hydrogens (tertiary/aromatic N) is 3. The minimum absolute atomic E-state index is 0.410. The molecule has 0 spiro atoms. The van der Waals surface area contributed by atoms with E-state index < -0.39 is 11.7 Å². The molecule has 0 aliphatic heterocycles. The zero-order valence-electron chi connectivity index (χ0n) is 10.8. The van der Waals surface area contributed by atoms with E-state index in [0.29, 0.717) is 20.6 Å². The molecule has 0 bridgehead atoms. The third kappa shape index (κ3) is 2.81. The van der Waals surface area contributed by atoms with E-state index in [9.17, 15) is 13.2 Å². The van der Waals surface area contributed by atoms with Crippen LogP contribution >= 0.6 is 23.1 Å². The summed E-state index contributed by atoms with van der Waals surface area (Å²) in [6, 6.07) is 5.01. The summed E-state index contributed by atoms with van der Waals surface area (Å²) in [5.74, 6) is 0. The van der Waals surface area contributed by atoms with E-state index in [-0.39, 0.29) is 0 Å². The highest BCUT2D eigenvalue weighted by molar-refractivity contribution is 7.99. The van der Waals surface area contributed by atoms with Crippen molar-refractivity contribution in [2.75, 3.05) is 0 Å². The van der Waals surface area contributed by atoms with Gasteiger partial charge in [-0.15, -0.1) is 11.3 Å². The predicted octanol–water partition coefficient (Wildman–Crippen LogP) is 4.37. The average Bonchev–Trinajstić information content (AvgIpc) is 3.02. The summed E-state index contributed by atoms with van der Waals surface area (Å²) in [6.07, 6.45) is -1.43. The molecule has 4 nitrogen and oxygen atoms in total. The number of alkyl halides is 3. The lowest BCUT2D eigenvalue weighted by molar-refractivity contribution is -0.137. The van der Waals surface area contributed by atoms with Crippen LogP contribution in [0.4, 0.5) is 13.2 Å². The fraction of sp³-hybridized carbons (Fsp3) is 0.0769. The second-order valence-electron chi connectivity index (χ2n) is 4.23. The van der Waals surface area contributed by atoms with E-state index in [1.165, 1.54) is 23.6 Å². The van der Waals surface area contributed by atoms with E-state index in [1.54, 1.807) is 16.7 Å². The van der Waals surface area contributed by atoms with Gasteiger partial charge in [-0.2, -0.15) is 13.2 Å². The number of hydrogen-bond donors (Lipinski definition) is 1. The first-order valence-electron chi connectivity index (χ1n) is 5.97. The van der Waals surface area contributed by atoms with E-state index in [2.05, 4.69) is 10.1 Å². The Bertz CT molecular complexity index is 839. The van der Waals surface area contributed by atoms with Crippen molar-refractivity contribution < 1.29 is 18.4 Å². The summed E-state index contributed by atoms with van der Waals surface area (Å²) < 4.78 is 39.9. The summed E-state index contributed by atoms with van der Waals surface area (Å²) in [5.41, 5.74) is -0.197. The van der Waals surface area contributed by atoms with Gasteiger partial charge >= 0.3 is 6.18 Å². The third-order valence-corrected chi connectivity index (χ3v) is 4.56. The van der Waals surface area contributed by atoms with Gasteiger partial charge in [0.25, 0.3) is 0 Å². The Balaban J connectivity index is 2.00. The first-order chi connectivity index (χ1) is 10.5. The Labute approximate surface area is 130 Å². The molecule has 22 heavy (non-hydrogen) atoms.